The molecule has 1 N–H and O–H groups in total. The second kappa shape index (κ2) is 16.4. The minimum atomic E-state index is -0.561. The zero-order valence-electron chi connectivity index (χ0n) is 18.7. The number of ether oxygens (including phenoxy) is 2. The highest BCUT2D eigenvalue weighted by Crippen LogP contribution is 2.13. The van der Waals surface area contributed by atoms with Gasteiger partial charge < -0.3 is 14.8 Å². The van der Waals surface area contributed by atoms with Gasteiger partial charge in [0.1, 0.15) is 12.6 Å². The molecule has 0 spiro atoms. The molecule has 0 radical (unpaired) electrons. The zero-order chi connectivity index (χ0) is 21.3. The fraction of sp³-hybridized carbons (Fsp3) is 0.864. The van der Waals surface area contributed by atoms with Crippen LogP contribution in [0.2, 0.25) is 0 Å². The number of alkyl carbamates (subject to hydrolysis) is 1. The maximum atomic E-state index is 11.8. The molecule has 0 aromatic rings. The van der Waals surface area contributed by atoms with Gasteiger partial charge in [-0.15, -0.1) is 0 Å². The number of carbonyl (C=O) groups is 2. The molecule has 0 aromatic heterocycles. The van der Waals surface area contributed by atoms with Crippen molar-refractivity contribution in [1.29, 1.82) is 0 Å². The lowest BCUT2D eigenvalue weighted by Gasteiger charge is -2.19. The third-order valence-electron chi connectivity index (χ3n) is 4.56. The summed E-state index contributed by atoms with van der Waals surface area (Å²) >= 11 is 0. The topological polar surface area (TPSA) is 77.0 Å². The van der Waals surface area contributed by atoms with Gasteiger partial charge >= 0.3 is 12.1 Å². The molecule has 164 valence electrons. The van der Waals surface area contributed by atoms with E-state index in [0.29, 0.717) is 6.54 Å². The summed E-state index contributed by atoms with van der Waals surface area (Å²) in [6.07, 6.45) is 13.9. The van der Waals surface area contributed by atoms with Crippen LogP contribution in [0.15, 0.2) is 4.99 Å². The van der Waals surface area contributed by atoms with E-state index in [2.05, 4.69) is 22.0 Å². The lowest BCUT2D eigenvalue weighted by Crippen LogP contribution is -2.31. The van der Waals surface area contributed by atoms with Gasteiger partial charge in [0.15, 0.2) is 0 Å². The largest absolute Gasteiger partial charge is 0.467 e. The first-order valence-corrected chi connectivity index (χ1v) is 10.8. The molecule has 0 rings (SSSR count). The maximum absolute atomic E-state index is 11.8. The Morgan fingerprint density at radius 2 is 1.54 bits per heavy atom. The number of nitrogens with one attached hydrogen (secondary N) is 1. The molecule has 6 nitrogen and oxygen atoms in total. The average molecular weight is 399 g/mol. The average Bonchev–Trinajstić information content (AvgIpc) is 2.68. The Kier molecular flexibility index (Phi) is 15.4. The first-order valence-electron chi connectivity index (χ1n) is 10.8. The van der Waals surface area contributed by atoms with Crippen LogP contribution in [-0.4, -0.2) is 44.6 Å². The summed E-state index contributed by atoms with van der Waals surface area (Å²) in [6, 6.07) is -0.561. The molecule has 0 bridgehead atoms. The van der Waals surface area contributed by atoms with Gasteiger partial charge in [0.05, 0.1) is 7.11 Å². The SMILES string of the molecule is CCCCCCCCCCCCNC(=O)OCC(C)(C)C=NC(C)C(=O)OC. The second-order valence-electron chi connectivity index (χ2n) is 8.15. The predicted octanol–water partition coefficient (Wildman–Crippen LogP) is 5.29. The van der Waals surface area contributed by atoms with Crippen molar-refractivity contribution in [3.05, 3.63) is 0 Å². The summed E-state index contributed by atoms with van der Waals surface area (Å²) in [7, 11) is 1.33. The molecule has 28 heavy (non-hydrogen) atoms. The van der Waals surface area contributed by atoms with E-state index in [1.165, 1.54) is 58.5 Å². The first kappa shape index (κ1) is 26.4. The smallest absolute Gasteiger partial charge is 0.407 e. The van der Waals surface area contributed by atoms with E-state index in [1.807, 2.05) is 13.8 Å². The highest BCUT2D eigenvalue weighted by molar-refractivity contribution is 5.78. The number of nitrogens with zero attached hydrogens (tertiary/aromatic N) is 1. The lowest BCUT2D eigenvalue weighted by atomic mass is 9.97. The molecule has 0 heterocycles. The Morgan fingerprint density at radius 3 is 2.07 bits per heavy atom. The Balaban J connectivity index is 3.71. The number of rotatable bonds is 16. The Labute approximate surface area is 171 Å². The van der Waals surface area contributed by atoms with Crippen molar-refractivity contribution in [3.63, 3.8) is 0 Å². The number of aliphatic imine (C=N–C) groups is 1. The van der Waals surface area contributed by atoms with Crippen molar-refractivity contribution in [2.75, 3.05) is 20.3 Å². The highest BCUT2D eigenvalue weighted by Gasteiger charge is 2.19. The summed E-state index contributed by atoms with van der Waals surface area (Å²) in [5.41, 5.74) is -0.448. The molecule has 0 aromatic carbocycles. The molecule has 6 heteroatoms. The molecule has 0 aliphatic rings. The molecule has 0 saturated carbocycles. The number of carbonyl (C=O) groups excluding carboxylic acids is 2. The maximum Gasteiger partial charge on any atom is 0.407 e. The first-order chi connectivity index (χ1) is 13.3. The van der Waals surface area contributed by atoms with Crippen molar-refractivity contribution >= 4 is 18.3 Å². The fourth-order valence-corrected chi connectivity index (χ4v) is 2.69. The third kappa shape index (κ3) is 15.5. The third-order valence-corrected chi connectivity index (χ3v) is 4.56. The van der Waals surface area contributed by atoms with Crippen LogP contribution in [0.5, 0.6) is 0 Å². The molecule has 1 atom stereocenters. The van der Waals surface area contributed by atoms with Crippen molar-refractivity contribution in [2.45, 2.75) is 97.9 Å². The normalized spacial score (nSPS) is 12.8. The molecule has 0 aliphatic carbocycles. The zero-order valence-corrected chi connectivity index (χ0v) is 18.7. The van der Waals surface area contributed by atoms with Gasteiger partial charge in [-0.3, -0.25) is 4.99 Å². The van der Waals surface area contributed by atoms with Gasteiger partial charge in [0, 0.05) is 18.2 Å². The predicted molar refractivity (Wildman–Crippen MR) is 115 cm³/mol. The monoisotopic (exact) mass is 398 g/mol. The number of hydrogen-bond donors (Lipinski definition) is 1. The highest BCUT2D eigenvalue weighted by atomic mass is 16.5. The van der Waals surface area contributed by atoms with E-state index in [1.54, 1.807) is 13.1 Å². The summed E-state index contributed by atoms with van der Waals surface area (Å²) in [5, 5.41) is 2.79. The van der Waals surface area contributed by atoms with Crippen LogP contribution in [0.1, 0.15) is 91.9 Å². The van der Waals surface area contributed by atoms with Gasteiger partial charge in [0.25, 0.3) is 0 Å². The summed E-state index contributed by atoms with van der Waals surface area (Å²) in [6.45, 7) is 8.55. The number of methoxy groups -OCH3 is 1. The Hall–Kier alpha value is -1.59. The number of unbranched alkanes of at least 4 members (excludes halogenated alkanes) is 9. The molecule has 1 amide bonds. The molecular weight excluding hydrogens is 356 g/mol. The van der Waals surface area contributed by atoms with E-state index in [-0.39, 0.29) is 12.6 Å². The Morgan fingerprint density at radius 1 is 1.00 bits per heavy atom. The number of hydrogen-bond acceptors (Lipinski definition) is 5. The van der Waals surface area contributed by atoms with Crippen molar-refractivity contribution in [2.24, 2.45) is 10.4 Å². The van der Waals surface area contributed by atoms with E-state index >= 15 is 0 Å². The summed E-state index contributed by atoms with van der Waals surface area (Å²) in [4.78, 5) is 27.3. The van der Waals surface area contributed by atoms with Crippen LogP contribution in [-0.2, 0) is 14.3 Å². The van der Waals surface area contributed by atoms with Crippen molar-refractivity contribution < 1.29 is 19.1 Å². The summed E-state index contributed by atoms with van der Waals surface area (Å²) in [5.74, 6) is -0.387. The van der Waals surface area contributed by atoms with Crippen LogP contribution in [0.3, 0.4) is 0 Å². The lowest BCUT2D eigenvalue weighted by molar-refractivity contribution is -0.141. The number of esters is 1. The van der Waals surface area contributed by atoms with Crippen LogP contribution >= 0.6 is 0 Å². The van der Waals surface area contributed by atoms with Crippen molar-refractivity contribution in [1.82, 2.24) is 5.32 Å². The molecule has 0 aliphatic heterocycles. The molecular formula is C22H42N2O4. The van der Waals surface area contributed by atoms with Gasteiger partial charge in [0.2, 0.25) is 0 Å². The van der Waals surface area contributed by atoms with Gasteiger partial charge in [-0.1, -0.05) is 78.6 Å². The number of amides is 1. The second-order valence-corrected chi connectivity index (χ2v) is 8.15. The van der Waals surface area contributed by atoms with Gasteiger partial charge in [-0.25, -0.2) is 9.59 Å². The molecule has 0 saturated heterocycles. The quantitative estimate of drug-likeness (QED) is 0.218. The Bertz CT molecular complexity index is 450. The van der Waals surface area contributed by atoms with Gasteiger partial charge in [-0.05, 0) is 13.3 Å². The van der Waals surface area contributed by atoms with Crippen LogP contribution < -0.4 is 5.32 Å². The van der Waals surface area contributed by atoms with E-state index in [0.717, 1.165) is 12.8 Å². The summed E-state index contributed by atoms with van der Waals surface area (Å²) < 4.78 is 9.89. The van der Waals surface area contributed by atoms with Crippen molar-refractivity contribution in [3.8, 4) is 0 Å². The van der Waals surface area contributed by atoms with E-state index in [9.17, 15) is 9.59 Å². The fourth-order valence-electron chi connectivity index (χ4n) is 2.69. The van der Waals surface area contributed by atoms with Crippen LogP contribution in [0, 0.1) is 5.41 Å². The minimum Gasteiger partial charge on any atom is -0.467 e. The molecule has 0 fully saturated rings. The van der Waals surface area contributed by atoms with Gasteiger partial charge in [-0.2, -0.15) is 0 Å². The minimum absolute atomic E-state index is 0.203. The van der Waals surface area contributed by atoms with Crippen LogP contribution in [0.25, 0.3) is 0 Å². The van der Waals surface area contributed by atoms with E-state index in [4.69, 9.17) is 4.74 Å². The van der Waals surface area contributed by atoms with Crippen LogP contribution in [0.4, 0.5) is 4.79 Å². The standard InChI is InChI=1S/C22H42N2O4/c1-6-7-8-9-10-11-12-13-14-15-16-23-21(26)28-18-22(3,4)17-24-19(2)20(25)27-5/h17,19H,6-16,18H2,1-5H3,(H,23,26). The van der Waals surface area contributed by atoms with E-state index < -0.39 is 17.6 Å². The molecule has 1 unspecified atom stereocenters.